The van der Waals surface area contributed by atoms with Crippen LogP contribution in [0.1, 0.15) is 12.5 Å². The first-order chi connectivity index (χ1) is 12.4. The Balaban J connectivity index is 2.44. The van der Waals surface area contributed by atoms with Crippen molar-refractivity contribution in [1.82, 2.24) is 4.90 Å². The van der Waals surface area contributed by atoms with Crippen molar-refractivity contribution in [3.05, 3.63) is 22.6 Å². The molecule has 0 unspecified atom stereocenters. The van der Waals surface area contributed by atoms with Gasteiger partial charge in [0.1, 0.15) is 6.04 Å². The van der Waals surface area contributed by atoms with Gasteiger partial charge in [0.05, 0.1) is 33.3 Å². The first-order valence-electron chi connectivity index (χ1n) is 7.53. The van der Waals surface area contributed by atoms with E-state index in [-0.39, 0.29) is 4.91 Å². The molecule has 1 aliphatic rings. The summed E-state index contributed by atoms with van der Waals surface area (Å²) >= 11 is 0.739. The number of imide groups is 1. The quantitative estimate of drug-likeness (QED) is 0.548. The Kier molecular flexibility index (Phi) is 6.14. The summed E-state index contributed by atoms with van der Waals surface area (Å²) in [6.07, 6.45) is 1.51. The van der Waals surface area contributed by atoms with E-state index in [4.69, 9.17) is 14.2 Å². The van der Waals surface area contributed by atoms with E-state index in [9.17, 15) is 14.4 Å². The van der Waals surface area contributed by atoms with Crippen LogP contribution in [0.25, 0.3) is 6.08 Å². The predicted octanol–water partition coefficient (Wildman–Crippen LogP) is 2.31. The lowest BCUT2D eigenvalue weighted by atomic mass is 10.1. The fraction of sp³-hybridized carbons (Fsp3) is 0.353. The number of methoxy groups -OCH3 is 4. The Morgan fingerprint density at radius 3 is 2.27 bits per heavy atom. The van der Waals surface area contributed by atoms with E-state index in [2.05, 4.69) is 4.74 Å². The minimum Gasteiger partial charge on any atom is -0.493 e. The lowest BCUT2D eigenvalue weighted by molar-refractivity contribution is -0.148. The molecule has 0 spiro atoms. The molecular weight excluding hydrogens is 362 g/mol. The van der Waals surface area contributed by atoms with Gasteiger partial charge < -0.3 is 18.9 Å². The highest BCUT2D eigenvalue weighted by molar-refractivity contribution is 8.18. The van der Waals surface area contributed by atoms with Gasteiger partial charge >= 0.3 is 5.97 Å². The zero-order valence-electron chi connectivity index (χ0n) is 15.0. The first kappa shape index (κ1) is 19.6. The standard InChI is InChI=1S/C17H19NO7S/c1-9(16(20)25-5)18-15(19)12(26-17(18)21)8-10-6-7-11(22-2)14(24-4)13(10)23-3/h6-9H,1-5H3/t9-/m0/s1. The Bertz CT molecular complexity index is 775. The summed E-state index contributed by atoms with van der Waals surface area (Å²) in [7, 11) is 5.62. The zero-order valence-corrected chi connectivity index (χ0v) is 15.8. The fourth-order valence-electron chi connectivity index (χ4n) is 2.47. The van der Waals surface area contributed by atoms with Crippen LogP contribution in [0.2, 0.25) is 0 Å². The van der Waals surface area contributed by atoms with Gasteiger partial charge in [0.2, 0.25) is 5.75 Å². The molecule has 2 rings (SSSR count). The average molecular weight is 381 g/mol. The van der Waals surface area contributed by atoms with E-state index >= 15 is 0 Å². The topological polar surface area (TPSA) is 91.4 Å². The summed E-state index contributed by atoms with van der Waals surface area (Å²) in [5, 5.41) is -0.543. The molecule has 0 saturated carbocycles. The maximum absolute atomic E-state index is 12.6. The number of amides is 2. The minimum atomic E-state index is -1.01. The summed E-state index contributed by atoms with van der Waals surface area (Å²) in [6, 6.07) is 2.33. The van der Waals surface area contributed by atoms with E-state index in [1.165, 1.54) is 41.4 Å². The molecule has 0 radical (unpaired) electrons. The number of thioether (sulfide) groups is 1. The third-order valence-electron chi connectivity index (χ3n) is 3.77. The molecule has 1 fully saturated rings. The van der Waals surface area contributed by atoms with Crippen molar-refractivity contribution in [1.29, 1.82) is 0 Å². The van der Waals surface area contributed by atoms with Crippen LogP contribution in [-0.4, -0.2) is 56.5 Å². The van der Waals surface area contributed by atoms with Gasteiger partial charge in [-0.2, -0.15) is 0 Å². The number of benzene rings is 1. The van der Waals surface area contributed by atoms with Crippen LogP contribution < -0.4 is 14.2 Å². The van der Waals surface area contributed by atoms with Gasteiger partial charge in [0.25, 0.3) is 11.1 Å². The zero-order chi connectivity index (χ0) is 19.4. The normalized spacial score (nSPS) is 16.7. The molecule has 0 aliphatic carbocycles. The molecule has 1 aliphatic heterocycles. The van der Waals surface area contributed by atoms with Gasteiger partial charge in [0.15, 0.2) is 11.5 Å². The number of hydrogen-bond acceptors (Lipinski definition) is 8. The van der Waals surface area contributed by atoms with Crippen LogP contribution in [-0.2, 0) is 14.3 Å². The number of carbonyl (C=O) groups is 3. The number of rotatable bonds is 6. The second-order valence-electron chi connectivity index (χ2n) is 5.17. The van der Waals surface area contributed by atoms with Crippen molar-refractivity contribution in [3.63, 3.8) is 0 Å². The monoisotopic (exact) mass is 381 g/mol. The van der Waals surface area contributed by atoms with E-state index in [0.29, 0.717) is 22.8 Å². The second kappa shape index (κ2) is 8.13. The average Bonchev–Trinajstić information content (AvgIpc) is 2.92. The number of ether oxygens (including phenoxy) is 4. The van der Waals surface area contributed by atoms with Gasteiger partial charge in [-0.3, -0.25) is 14.5 Å². The minimum absolute atomic E-state index is 0.163. The molecule has 0 aromatic heterocycles. The van der Waals surface area contributed by atoms with Crippen molar-refractivity contribution < 1.29 is 33.3 Å². The molecule has 140 valence electrons. The molecule has 0 bridgehead atoms. The summed E-state index contributed by atoms with van der Waals surface area (Å²) in [4.78, 5) is 37.4. The van der Waals surface area contributed by atoms with Gasteiger partial charge in [-0.1, -0.05) is 0 Å². The lowest BCUT2D eigenvalue weighted by Gasteiger charge is -2.18. The molecule has 2 amide bonds. The van der Waals surface area contributed by atoms with Gasteiger partial charge in [0, 0.05) is 5.56 Å². The van der Waals surface area contributed by atoms with Crippen LogP contribution >= 0.6 is 11.8 Å². The fourth-order valence-corrected chi connectivity index (χ4v) is 3.37. The number of esters is 1. The Hall–Kier alpha value is -2.68. The summed E-state index contributed by atoms with van der Waals surface area (Å²) < 4.78 is 20.5. The molecule has 0 N–H and O–H groups in total. The van der Waals surface area contributed by atoms with Crippen LogP contribution in [0.15, 0.2) is 17.0 Å². The Morgan fingerprint density at radius 2 is 1.73 bits per heavy atom. The number of nitrogens with zero attached hydrogens (tertiary/aromatic N) is 1. The number of carbonyl (C=O) groups excluding carboxylic acids is 3. The summed E-state index contributed by atoms with van der Waals surface area (Å²) in [5.74, 6) is -0.0496. The largest absolute Gasteiger partial charge is 0.493 e. The first-order valence-corrected chi connectivity index (χ1v) is 8.35. The van der Waals surface area contributed by atoms with Crippen molar-refractivity contribution >= 4 is 35.0 Å². The Labute approximate surface area is 155 Å². The van der Waals surface area contributed by atoms with Crippen LogP contribution in [0.3, 0.4) is 0 Å². The van der Waals surface area contributed by atoms with E-state index in [1.807, 2.05) is 0 Å². The smallest absolute Gasteiger partial charge is 0.328 e. The van der Waals surface area contributed by atoms with Crippen molar-refractivity contribution in [3.8, 4) is 17.2 Å². The van der Waals surface area contributed by atoms with E-state index < -0.39 is 23.2 Å². The maximum atomic E-state index is 12.6. The highest BCUT2D eigenvalue weighted by Gasteiger charge is 2.41. The van der Waals surface area contributed by atoms with Crippen LogP contribution in [0, 0.1) is 0 Å². The molecule has 1 heterocycles. The predicted molar refractivity (Wildman–Crippen MR) is 95.4 cm³/mol. The molecule has 9 heteroatoms. The highest BCUT2D eigenvalue weighted by Crippen LogP contribution is 2.42. The third-order valence-corrected chi connectivity index (χ3v) is 4.66. The van der Waals surface area contributed by atoms with Crippen LogP contribution in [0.5, 0.6) is 17.2 Å². The van der Waals surface area contributed by atoms with Crippen LogP contribution in [0.4, 0.5) is 4.79 Å². The van der Waals surface area contributed by atoms with Crippen molar-refractivity contribution in [2.45, 2.75) is 13.0 Å². The van der Waals surface area contributed by atoms with E-state index in [0.717, 1.165) is 16.7 Å². The SMILES string of the molecule is COC(=O)[C@H](C)N1C(=O)SC(=Cc2ccc(OC)c(OC)c2OC)C1=O. The van der Waals surface area contributed by atoms with E-state index in [1.54, 1.807) is 12.1 Å². The molecular formula is C17H19NO7S. The lowest BCUT2D eigenvalue weighted by Crippen LogP contribution is -2.42. The molecule has 1 aromatic carbocycles. The van der Waals surface area contributed by atoms with Crippen molar-refractivity contribution in [2.24, 2.45) is 0 Å². The van der Waals surface area contributed by atoms with Gasteiger partial charge in [-0.05, 0) is 36.9 Å². The summed E-state index contributed by atoms with van der Waals surface area (Å²) in [6.45, 7) is 1.43. The molecule has 1 saturated heterocycles. The van der Waals surface area contributed by atoms with Crippen molar-refractivity contribution in [2.75, 3.05) is 28.4 Å². The summed E-state index contributed by atoms with van der Waals surface area (Å²) in [5.41, 5.74) is 0.529. The Morgan fingerprint density at radius 1 is 1.08 bits per heavy atom. The second-order valence-corrected chi connectivity index (χ2v) is 6.17. The van der Waals surface area contributed by atoms with Gasteiger partial charge in [-0.15, -0.1) is 0 Å². The molecule has 1 aromatic rings. The maximum Gasteiger partial charge on any atom is 0.328 e. The number of hydrogen-bond donors (Lipinski definition) is 0. The molecule has 26 heavy (non-hydrogen) atoms. The van der Waals surface area contributed by atoms with Gasteiger partial charge in [-0.25, -0.2) is 4.79 Å². The third kappa shape index (κ3) is 3.48. The molecule has 8 nitrogen and oxygen atoms in total. The highest BCUT2D eigenvalue weighted by atomic mass is 32.2. The molecule has 1 atom stereocenters.